The molecule has 18 heavy (non-hydrogen) atoms. The number of hydrogen-bond acceptors (Lipinski definition) is 4. The number of rotatable bonds is 5. The Morgan fingerprint density at radius 2 is 2.22 bits per heavy atom. The van der Waals surface area contributed by atoms with E-state index in [9.17, 15) is 9.59 Å². The van der Waals surface area contributed by atoms with Crippen molar-refractivity contribution >= 4 is 23.5 Å². The molecule has 1 atom stereocenters. The molecule has 7 heteroatoms. The van der Waals surface area contributed by atoms with Crippen molar-refractivity contribution in [1.29, 1.82) is 0 Å². The first-order valence-corrected chi connectivity index (χ1v) is 5.53. The molecule has 0 aromatic carbocycles. The quantitative estimate of drug-likeness (QED) is 0.628. The molecule has 0 saturated carbocycles. The largest absolute Gasteiger partial charge is 0.465 e. The fourth-order valence-electron chi connectivity index (χ4n) is 1.31. The molecule has 0 fully saturated rings. The molecule has 0 aliphatic heterocycles. The summed E-state index contributed by atoms with van der Waals surface area (Å²) in [5, 5.41) is 16.2. The summed E-state index contributed by atoms with van der Waals surface area (Å²) in [4.78, 5) is 26.2. The van der Waals surface area contributed by atoms with Crippen LogP contribution in [0.4, 0.5) is 16.3 Å². The molecule has 0 saturated heterocycles. The van der Waals surface area contributed by atoms with Gasteiger partial charge in [0.2, 0.25) is 5.91 Å². The van der Waals surface area contributed by atoms with Crippen LogP contribution >= 0.6 is 0 Å². The second-order valence-corrected chi connectivity index (χ2v) is 3.59. The molecule has 0 spiro atoms. The Morgan fingerprint density at radius 1 is 1.50 bits per heavy atom. The minimum Gasteiger partial charge on any atom is -0.465 e. The summed E-state index contributed by atoms with van der Waals surface area (Å²) in [5.41, 5.74) is 0.517. The molecule has 4 N–H and O–H groups in total. The average molecular weight is 252 g/mol. The number of nitrogens with one attached hydrogen (secondary N) is 3. The molecule has 1 unspecified atom stereocenters. The van der Waals surface area contributed by atoms with Crippen molar-refractivity contribution in [3.05, 3.63) is 18.3 Å². The number of carbonyl (C=O) groups excluding carboxylic acids is 1. The highest BCUT2D eigenvalue weighted by molar-refractivity contribution is 5.98. The van der Waals surface area contributed by atoms with Crippen molar-refractivity contribution in [1.82, 2.24) is 10.3 Å². The lowest BCUT2D eigenvalue weighted by Gasteiger charge is -2.14. The van der Waals surface area contributed by atoms with Gasteiger partial charge in [0, 0.05) is 12.7 Å². The molecule has 0 radical (unpaired) electrons. The fourth-order valence-corrected chi connectivity index (χ4v) is 1.31. The number of aromatic nitrogens is 1. The molecule has 98 valence electrons. The van der Waals surface area contributed by atoms with Crippen molar-refractivity contribution in [3.63, 3.8) is 0 Å². The van der Waals surface area contributed by atoms with Crippen molar-refractivity contribution in [2.24, 2.45) is 0 Å². The Balaban J connectivity index is 2.72. The van der Waals surface area contributed by atoms with Crippen LogP contribution < -0.4 is 16.0 Å². The molecule has 1 rings (SSSR count). The Morgan fingerprint density at radius 3 is 2.83 bits per heavy atom. The summed E-state index contributed by atoms with van der Waals surface area (Å²) in [7, 11) is 0. The third-order valence-electron chi connectivity index (χ3n) is 2.14. The lowest BCUT2D eigenvalue weighted by atomic mass is 10.3. The number of anilines is 2. The van der Waals surface area contributed by atoms with E-state index in [1.54, 1.807) is 18.3 Å². The highest BCUT2D eigenvalue weighted by atomic mass is 16.4. The van der Waals surface area contributed by atoms with Gasteiger partial charge in [-0.2, -0.15) is 0 Å². The maximum absolute atomic E-state index is 11.7. The summed E-state index contributed by atoms with van der Waals surface area (Å²) < 4.78 is 0. The Labute approximate surface area is 105 Å². The summed E-state index contributed by atoms with van der Waals surface area (Å²) in [6.07, 6.45) is 0.364. The highest BCUT2D eigenvalue weighted by Crippen LogP contribution is 2.17. The van der Waals surface area contributed by atoms with Gasteiger partial charge in [0.05, 0.1) is 5.69 Å². The topological polar surface area (TPSA) is 103 Å². The van der Waals surface area contributed by atoms with E-state index in [0.29, 0.717) is 18.1 Å². The van der Waals surface area contributed by atoms with Crippen LogP contribution in [-0.4, -0.2) is 34.7 Å². The van der Waals surface area contributed by atoms with Crippen LogP contribution in [0.1, 0.15) is 13.8 Å². The summed E-state index contributed by atoms with van der Waals surface area (Å²) in [5.74, 6) is 0.112. The lowest BCUT2D eigenvalue weighted by molar-refractivity contribution is -0.117. The van der Waals surface area contributed by atoms with Crippen LogP contribution in [0.2, 0.25) is 0 Å². The van der Waals surface area contributed by atoms with Crippen molar-refractivity contribution in [3.8, 4) is 0 Å². The Hall–Kier alpha value is -2.31. The van der Waals surface area contributed by atoms with E-state index < -0.39 is 18.0 Å². The first kappa shape index (κ1) is 13.8. The van der Waals surface area contributed by atoms with E-state index in [0.717, 1.165) is 0 Å². The van der Waals surface area contributed by atoms with E-state index in [1.165, 1.54) is 6.92 Å². The van der Waals surface area contributed by atoms with Gasteiger partial charge < -0.3 is 21.1 Å². The number of carboxylic acid groups (broad SMARTS) is 1. The van der Waals surface area contributed by atoms with Gasteiger partial charge in [-0.15, -0.1) is 0 Å². The highest BCUT2D eigenvalue weighted by Gasteiger charge is 2.16. The van der Waals surface area contributed by atoms with Gasteiger partial charge in [-0.3, -0.25) is 4.79 Å². The Bertz CT molecular complexity index is 436. The van der Waals surface area contributed by atoms with Crippen LogP contribution in [0.3, 0.4) is 0 Å². The number of amides is 2. The second kappa shape index (κ2) is 6.43. The molecule has 2 amide bonds. The number of hydrogen-bond donors (Lipinski definition) is 4. The van der Waals surface area contributed by atoms with Crippen molar-refractivity contribution in [2.75, 3.05) is 17.2 Å². The zero-order valence-electron chi connectivity index (χ0n) is 10.2. The standard InChI is InChI=1S/C11H16N4O3/c1-3-12-9-8(5-4-6-13-9)15-10(16)7(2)14-11(17)18/h4-7,14H,3H2,1-2H3,(H,12,13)(H,15,16)(H,17,18). The molecule has 1 aromatic rings. The molecule has 0 aliphatic rings. The smallest absolute Gasteiger partial charge is 0.405 e. The molecule has 0 bridgehead atoms. The predicted octanol–water partition coefficient (Wildman–Crippen LogP) is 1.11. The first-order chi connectivity index (χ1) is 8.54. The van der Waals surface area contributed by atoms with E-state index in [1.807, 2.05) is 6.92 Å². The van der Waals surface area contributed by atoms with Crippen molar-refractivity contribution in [2.45, 2.75) is 19.9 Å². The maximum atomic E-state index is 11.7. The minimum atomic E-state index is -1.24. The average Bonchev–Trinajstić information content (AvgIpc) is 2.31. The van der Waals surface area contributed by atoms with Crippen LogP contribution in [0, 0.1) is 0 Å². The predicted molar refractivity (Wildman–Crippen MR) is 67.7 cm³/mol. The molecule has 0 aliphatic carbocycles. The van der Waals surface area contributed by atoms with Crippen LogP contribution in [0.15, 0.2) is 18.3 Å². The van der Waals surface area contributed by atoms with Gasteiger partial charge in [-0.1, -0.05) is 0 Å². The molecular formula is C11H16N4O3. The summed E-state index contributed by atoms with van der Waals surface area (Å²) in [6.45, 7) is 4.05. The van der Waals surface area contributed by atoms with Gasteiger partial charge >= 0.3 is 6.09 Å². The summed E-state index contributed by atoms with van der Waals surface area (Å²) >= 11 is 0. The molecule has 1 aromatic heterocycles. The third kappa shape index (κ3) is 3.93. The van der Waals surface area contributed by atoms with E-state index in [4.69, 9.17) is 5.11 Å². The summed E-state index contributed by atoms with van der Waals surface area (Å²) in [6, 6.07) is 2.54. The van der Waals surface area contributed by atoms with E-state index >= 15 is 0 Å². The molecule has 7 nitrogen and oxygen atoms in total. The minimum absolute atomic E-state index is 0.440. The molecule has 1 heterocycles. The number of carbonyl (C=O) groups is 2. The Kier molecular flexibility index (Phi) is 4.91. The van der Waals surface area contributed by atoms with Gasteiger partial charge in [0.25, 0.3) is 0 Å². The van der Waals surface area contributed by atoms with Crippen molar-refractivity contribution < 1.29 is 14.7 Å². The van der Waals surface area contributed by atoms with E-state index in [2.05, 4.69) is 20.9 Å². The van der Waals surface area contributed by atoms with Crippen LogP contribution in [-0.2, 0) is 4.79 Å². The fraction of sp³-hybridized carbons (Fsp3) is 0.364. The van der Waals surface area contributed by atoms with Gasteiger partial charge in [-0.05, 0) is 26.0 Å². The number of nitrogens with zero attached hydrogens (tertiary/aromatic N) is 1. The van der Waals surface area contributed by atoms with E-state index in [-0.39, 0.29) is 0 Å². The third-order valence-corrected chi connectivity index (χ3v) is 2.14. The zero-order chi connectivity index (χ0) is 13.5. The van der Waals surface area contributed by atoms with Crippen LogP contribution in [0.5, 0.6) is 0 Å². The first-order valence-electron chi connectivity index (χ1n) is 5.53. The monoisotopic (exact) mass is 252 g/mol. The lowest BCUT2D eigenvalue weighted by Crippen LogP contribution is -2.40. The second-order valence-electron chi connectivity index (χ2n) is 3.59. The van der Waals surface area contributed by atoms with Crippen LogP contribution in [0.25, 0.3) is 0 Å². The zero-order valence-corrected chi connectivity index (χ0v) is 10.2. The maximum Gasteiger partial charge on any atom is 0.405 e. The van der Waals surface area contributed by atoms with Gasteiger partial charge in [0.15, 0.2) is 0 Å². The van der Waals surface area contributed by atoms with Gasteiger partial charge in [-0.25, -0.2) is 9.78 Å². The SMILES string of the molecule is CCNc1ncccc1NC(=O)C(C)NC(=O)O. The normalized spacial score (nSPS) is 11.4. The van der Waals surface area contributed by atoms with Gasteiger partial charge in [0.1, 0.15) is 11.9 Å². The molecular weight excluding hydrogens is 236 g/mol. The number of pyridine rings is 1.